The molecule has 0 aliphatic heterocycles. The fourth-order valence-electron chi connectivity index (χ4n) is 2.12. The van der Waals surface area contributed by atoms with E-state index in [0.717, 1.165) is 0 Å². The monoisotopic (exact) mass is 525 g/mol. The summed E-state index contributed by atoms with van der Waals surface area (Å²) >= 11 is 0. The molecule has 0 amide bonds. The van der Waals surface area contributed by atoms with E-state index in [1.54, 1.807) is 42.5 Å². The topological polar surface area (TPSA) is 88.5 Å². The Morgan fingerprint density at radius 2 is 1.26 bits per heavy atom. The van der Waals surface area contributed by atoms with Gasteiger partial charge in [-0.1, -0.05) is 122 Å². The molecule has 3 rings (SSSR count). The maximum atomic E-state index is 11.0. The van der Waals surface area contributed by atoms with E-state index in [4.69, 9.17) is 0 Å². The Hall–Kier alpha value is -3.28. The molecule has 0 bridgehead atoms. The van der Waals surface area contributed by atoms with Gasteiger partial charge in [-0.3, -0.25) is 0 Å². The van der Waals surface area contributed by atoms with Gasteiger partial charge in [-0.2, -0.15) is 6.07 Å². The van der Waals surface area contributed by atoms with Gasteiger partial charge in [-0.15, -0.1) is 16.7 Å². The van der Waals surface area contributed by atoms with Crippen LogP contribution in [0.4, 0.5) is 11.4 Å². The van der Waals surface area contributed by atoms with Crippen LogP contribution in [0.5, 0.6) is 5.75 Å². The Labute approximate surface area is 222 Å². The molecule has 193 valence electrons. The minimum absolute atomic E-state index is 0. The second kappa shape index (κ2) is 25.3. The summed E-state index contributed by atoms with van der Waals surface area (Å²) in [6.07, 6.45) is 1.82. The number of hydrogen-bond donors (Lipinski definition) is 1. The van der Waals surface area contributed by atoms with E-state index in [1.165, 1.54) is 6.07 Å². The number of para-hydroxylation sites is 1. The van der Waals surface area contributed by atoms with Crippen molar-refractivity contribution in [2.75, 3.05) is 0 Å². The van der Waals surface area contributed by atoms with Crippen LogP contribution in [-0.2, 0) is 21.9 Å². The number of phenolic OH excluding ortho intramolecular Hbond substituents is 1. The quantitative estimate of drug-likeness (QED) is 0.0898. The van der Waals surface area contributed by atoms with E-state index in [1.807, 2.05) is 92.0 Å². The van der Waals surface area contributed by atoms with Gasteiger partial charge < -0.3 is 20.4 Å². The van der Waals surface area contributed by atoms with Gasteiger partial charge in [-0.05, 0) is 11.8 Å². The van der Waals surface area contributed by atoms with Crippen LogP contribution in [0.2, 0.25) is 0 Å². The maximum absolute atomic E-state index is 11.0. The Morgan fingerprint density at radius 1 is 0.743 bits per heavy atom. The van der Waals surface area contributed by atoms with Gasteiger partial charge in [0.15, 0.2) is 5.84 Å². The fraction of sp³-hybridized carbons (Fsp3) is 0.286. The van der Waals surface area contributed by atoms with E-state index in [0.29, 0.717) is 22.5 Å². The summed E-state index contributed by atoms with van der Waals surface area (Å²) in [5.74, 6) is 0.260. The van der Waals surface area contributed by atoms with Crippen LogP contribution in [0.3, 0.4) is 0 Å². The van der Waals surface area contributed by atoms with E-state index in [9.17, 15) is 9.90 Å². The number of phenols is 1. The molecule has 0 aliphatic rings. The van der Waals surface area contributed by atoms with Crippen molar-refractivity contribution in [1.82, 2.24) is 0 Å². The van der Waals surface area contributed by atoms with Crippen LogP contribution in [0, 0.1) is 0 Å². The zero-order chi connectivity index (χ0) is 26.2. The van der Waals surface area contributed by atoms with Crippen LogP contribution in [0.15, 0.2) is 94.2 Å². The summed E-state index contributed by atoms with van der Waals surface area (Å²) in [4.78, 5) is 11.0. The predicted octanol–water partition coefficient (Wildman–Crippen LogP) is 9.10. The molecule has 35 heavy (non-hydrogen) atoms. The van der Waals surface area contributed by atoms with Crippen molar-refractivity contribution in [3.8, 4) is 5.75 Å². The summed E-state index contributed by atoms with van der Waals surface area (Å²) in [7, 11) is 0. The van der Waals surface area contributed by atoms with E-state index in [-0.39, 0.29) is 28.7 Å². The zero-order valence-electron chi connectivity index (χ0n) is 22.0. The summed E-state index contributed by atoms with van der Waals surface area (Å²) < 4.78 is 0. The van der Waals surface area contributed by atoms with Crippen LogP contribution < -0.4 is 0 Å². The van der Waals surface area contributed by atoms with Crippen molar-refractivity contribution in [2.45, 2.75) is 55.4 Å². The molecular weight excluding hydrogens is 488 g/mol. The number of benzene rings is 3. The average molecular weight is 526 g/mol. The smallest absolute Gasteiger partial charge is 0.571 e. The third kappa shape index (κ3) is 13.9. The van der Waals surface area contributed by atoms with Gasteiger partial charge >= 0.3 is 17.1 Å². The Bertz CT molecular complexity index is 962. The second-order valence-corrected chi connectivity index (χ2v) is 5.20. The summed E-state index contributed by atoms with van der Waals surface area (Å²) in [6, 6.07) is 22.5. The number of nitrogens with zero attached hydrogens (tertiary/aromatic N) is 4. The maximum Gasteiger partial charge on any atom is 2.00 e. The van der Waals surface area contributed by atoms with Gasteiger partial charge in [0, 0.05) is 5.56 Å². The first-order valence-electron chi connectivity index (χ1n) is 11.8. The van der Waals surface area contributed by atoms with Crippen LogP contribution in [-0.4, -0.2) is 17.2 Å². The Balaban J connectivity index is -0.00000103. The molecule has 7 heteroatoms. The molecule has 0 aliphatic carbocycles. The van der Waals surface area contributed by atoms with Crippen LogP contribution in [0.1, 0.15) is 66.5 Å². The molecule has 1 radical (unpaired) electrons. The van der Waals surface area contributed by atoms with Crippen molar-refractivity contribution in [2.24, 2.45) is 15.3 Å². The zero-order valence-corrected chi connectivity index (χ0v) is 22.9. The van der Waals surface area contributed by atoms with Gasteiger partial charge in [0.2, 0.25) is 0 Å². The van der Waals surface area contributed by atoms with Crippen molar-refractivity contribution >= 4 is 23.5 Å². The second-order valence-electron chi connectivity index (χ2n) is 5.20. The van der Waals surface area contributed by atoms with E-state index in [2.05, 4.69) is 20.8 Å². The summed E-state index contributed by atoms with van der Waals surface area (Å²) in [6.45, 7) is 16.0. The largest absolute Gasteiger partial charge is 2.00 e. The standard InChI is InChI=1S/C20H14N4O2.4C2H6.Cu/c25-14-16-10-4-5-11-17(16)21-23-20(15-8-2-1-3-9-15)24-22-18-12-6-7-13-19(18)26;4*1-2;/h1-13H,(H-,21,22,23,24,25,26);4*1-2H3;/q-2;;;;;+2. The normalized spacial score (nSPS) is 9.20. The first-order chi connectivity index (χ1) is 16.8. The molecule has 0 fully saturated rings. The van der Waals surface area contributed by atoms with Gasteiger partial charge in [0.1, 0.15) is 5.75 Å². The molecule has 3 aromatic rings. The fourth-order valence-corrected chi connectivity index (χ4v) is 2.12. The number of aromatic hydroxyl groups is 1. The molecule has 1 N–H and O–H groups in total. The SMILES string of the molecule is CC.CC.CC.CC.O=[C-]c1ccccc1N=NC(=N[N-]c1ccccc1O)c1ccccc1.[Cu+2]. The molecular formula is C28H38CuN4O2. The van der Waals surface area contributed by atoms with Gasteiger partial charge in [0.25, 0.3) is 0 Å². The van der Waals surface area contributed by atoms with Crippen LogP contribution >= 0.6 is 0 Å². The van der Waals surface area contributed by atoms with E-state index >= 15 is 0 Å². The molecule has 0 saturated heterocycles. The minimum Gasteiger partial charge on any atom is -0.571 e. The van der Waals surface area contributed by atoms with Crippen molar-refractivity contribution in [3.05, 3.63) is 95.4 Å². The number of azo groups is 1. The number of rotatable bonds is 5. The van der Waals surface area contributed by atoms with Gasteiger partial charge in [-0.25, -0.2) is 5.11 Å². The Kier molecular flexibility index (Phi) is 26.3. The molecule has 0 aromatic heterocycles. The average Bonchev–Trinajstić information content (AvgIpc) is 2.94. The van der Waals surface area contributed by atoms with Crippen LogP contribution in [0.25, 0.3) is 5.43 Å². The molecule has 6 nitrogen and oxygen atoms in total. The number of carbonyl (C=O) groups excluding carboxylic acids is 1. The first kappa shape index (κ1) is 36.3. The third-order valence-electron chi connectivity index (χ3n) is 3.43. The van der Waals surface area contributed by atoms with E-state index < -0.39 is 0 Å². The van der Waals surface area contributed by atoms with Gasteiger partial charge in [0.05, 0.1) is 6.29 Å². The third-order valence-corrected chi connectivity index (χ3v) is 3.43. The van der Waals surface area contributed by atoms with Crippen molar-refractivity contribution in [3.63, 3.8) is 0 Å². The molecule has 0 saturated carbocycles. The predicted molar refractivity (Wildman–Crippen MR) is 145 cm³/mol. The van der Waals surface area contributed by atoms with Crippen molar-refractivity contribution < 1.29 is 27.0 Å². The summed E-state index contributed by atoms with van der Waals surface area (Å²) in [5.41, 5.74) is 5.75. The first-order valence-corrected chi connectivity index (χ1v) is 11.8. The molecule has 0 atom stereocenters. The molecule has 0 unspecified atom stereocenters. The molecule has 3 aromatic carbocycles. The number of hydrogen-bond acceptors (Lipinski definition) is 4. The minimum atomic E-state index is 0. The Morgan fingerprint density at radius 3 is 1.83 bits per heavy atom. The summed E-state index contributed by atoms with van der Waals surface area (Å²) in [5, 5.41) is 22.2. The molecule has 0 heterocycles. The molecule has 0 spiro atoms. The van der Waals surface area contributed by atoms with Crippen molar-refractivity contribution in [1.29, 1.82) is 0 Å². The number of amidine groups is 1.